The molecule has 0 fully saturated rings. The van der Waals surface area contributed by atoms with Crippen molar-refractivity contribution < 1.29 is 14.0 Å². The van der Waals surface area contributed by atoms with E-state index in [1.54, 1.807) is 13.0 Å². The Morgan fingerprint density at radius 1 is 1.44 bits per heavy atom. The number of benzene rings is 1. The molecular weight excluding hydrogens is 213 g/mol. The van der Waals surface area contributed by atoms with Crippen molar-refractivity contribution in [1.29, 1.82) is 0 Å². The van der Waals surface area contributed by atoms with Crippen LogP contribution >= 0.6 is 0 Å². The van der Waals surface area contributed by atoms with Crippen LogP contribution in [-0.4, -0.2) is 18.5 Å². The highest BCUT2D eigenvalue weighted by Crippen LogP contribution is 2.14. The Hall–Kier alpha value is -2.11. The maximum atomic E-state index is 13.3. The molecule has 0 aromatic heterocycles. The molecule has 0 aliphatic carbocycles. The molecule has 4 N–H and O–H groups in total. The van der Waals surface area contributed by atoms with Gasteiger partial charge in [0.15, 0.2) is 0 Å². The lowest BCUT2D eigenvalue weighted by Crippen LogP contribution is -2.36. The van der Waals surface area contributed by atoms with Crippen LogP contribution in [0.5, 0.6) is 0 Å². The van der Waals surface area contributed by atoms with Crippen LogP contribution in [0.4, 0.5) is 14.9 Å². The second kappa shape index (κ2) is 5.11. The monoisotopic (exact) mass is 225 g/mol. The van der Waals surface area contributed by atoms with Gasteiger partial charge in [0.2, 0.25) is 5.91 Å². The highest BCUT2D eigenvalue weighted by atomic mass is 19.1. The summed E-state index contributed by atoms with van der Waals surface area (Å²) in [6.45, 7) is 1.44. The van der Waals surface area contributed by atoms with Gasteiger partial charge in [0.25, 0.3) is 0 Å². The number of nitrogens with one attached hydrogen (secondary N) is 2. The maximum absolute atomic E-state index is 13.3. The van der Waals surface area contributed by atoms with Crippen LogP contribution in [0.2, 0.25) is 0 Å². The van der Waals surface area contributed by atoms with Crippen LogP contribution < -0.4 is 16.4 Å². The predicted octanol–water partition coefficient (Wildman–Crippen LogP) is 0.741. The summed E-state index contributed by atoms with van der Waals surface area (Å²) in [5.74, 6) is -1.20. The highest BCUT2D eigenvalue weighted by molar-refractivity contribution is 5.92. The fourth-order valence-corrected chi connectivity index (χ4v) is 1.06. The molecule has 0 heterocycles. The number of halogens is 1. The zero-order chi connectivity index (χ0) is 12.1. The fourth-order valence-electron chi connectivity index (χ4n) is 1.06. The lowest BCUT2D eigenvalue weighted by molar-refractivity contribution is -0.117. The second-order valence-electron chi connectivity index (χ2n) is 3.26. The summed E-state index contributed by atoms with van der Waals surface area (Å²) < 4.78 is 13.3. The van der Waals surface area contributed by atoms with Gasteiger partial charge in [-0.15, -0.1) is 0 Å². The average Bonchev–Trinajstić information content (AvgIpc) is 2.19. The Morgan fingerprint density at radius 2 is 2.12 bits per heavy atom. The first-order chi connectivity index (χ1) is 7.49. The third-order valence-electron chi connectivity index (χ3n) is 1.80. The van der Waals surface area contributed by atoms with Crippen molar-refractivity contribution in [2.45, 2.75) is 6.92 Å². The molecule has 6 heteroatoms. The molecular formula is C10H12FN3O2. The Kier molecular flexibility index (Phi) is 3.82. The van der Waals surface area contributed by atoms with E-state index in [-0.39, 0.29) is 12.2 Å². The molecule has 0 aliphatic heterocycles. The van der Waals surface area contributed by atoms with E-state index in [2.05, 4.69) is 10.6 Å². The molecule has 3 amide bonds. The number of nitrogens with two attached hydrogens (primary N) is 1. The summed E-state index contributed by atoms with van der Waals surface area (Å²) in [5.41, 5.74) is 5.63. The SMILES string of the molecule is Cc1ccc(NC(=O)NCC(N)=O)c(F)c1. The van der Waals surface area contributed by atoms with Gasteiger partial charge in [-0.2, -0.15) is 0 Å². The molecule has 1 rings (SSSR count). The summed E-state index contributed by atoms with van der Waals surface area (Å²) in [7, 11) is 0. The minimum absolute atomic E-state index is 0.0487. The molecule has 0 unspecified atom stereocenters. The van der Waals surface area contributed by atoms with Crippen molar-refractivity contribution in [2.75, 3.05) is 11.9 Å². The number of aryl methyl sites for hydroxylation is 1. The number of carbonyl (C=O) groups excluding carboxylic acids is 2. The van der Waals surface area contributed by atoms with Gasteiger partial charge in [-0.25, -0.2) is 9.18 Å². The molecule has 1 aromatic carbocycles. The van der Waals surface area contributed by atoms with E-state index in [1.165, 1.54) is 12.1 Å². The molecule has 86 valence electrons. The molecule has 0 spiro atoms. The third kappa shape index (κ3) is 3.56. The molecule has 5 nitrogen and oxygen atoms in total. The van der Waals surface area contributed by atoms with E-state index < -0.39 is 17.8 Å². The van der Waals surface area contributed by atoms with Crippen LogP contribution in [0.15, 0.2) is 18.2 Å². The Labute approximate surface area is 91.8 Å². The molecule has 0 saturated carbocycles. The van der Waals surface area contributed by atoms with E-state index in [4.69, 9.17) is 5.73 Å². The van der Waals surface area contributed by atoms with Crippen LogP contribution in [0.25, 0.3) is 0 Å². The summed E-state index contributed by atoms with van der Waals surface area (Å²) >= 11 is 0. The third-order valence-corrected chi connectivity index (χ3v) is 1.80. The first kappa shape index (κ1) is 12.0. The van der Waals surface area contributed by atoms with Crippen molar-refractivity contribution in [3.05, 3.63) is 29.6 Å². The molecule has 1 aromatic rings. The number of hydrogen-bond acceptors (Lipinski definition) is 2. The van der Waals surface area contributed by atoms with Gasteiger partial charge in [0.05, 0.1) is 12.2 Å². The minimum Gasteiger partial charge on any atom is -0.368 e. The number of rotatable bonds is 3. The molecule has 0 aliphatic rings. The molecule has 0 radical (unpaired) electrons. The van der Waals surface area contributed by atoms with Crippen molar-refractivity contribution >= 4 is 17.6 Å². The van der Waals surface area contributed by atoms with Crippen LogP contribution in [0.3, 0.4) is 0 Å². The maximum Gasteiger partial charge on any atom is 0.319 e. The number of anilines is 1. The van der Waals surface area contributed by atoms with Gasteiger partial charge in [-0.3, -0.25) is 4.79 Å². The van der Waals surface area contributed by atoms with Crippen LogP contribution in [0, 0.1) is 12.7 Å². The zero-order valence-electron chi connectivity index (χ0n) is 8.71. The Morgan fingerprint density at radius 3 is 2.69 bits per heavy atom. The van der Waals surface area contributed by atoms with Gasteiger partial charge < -0.3 is 16.4 Å². The largest absolute Gasteiger partial charge is 0.368 e. The molecule has 0 saturated heterocycles. The normalized spacial score (nSPS) is 9.62. The fraction of sp³-hybridized carbons (Fsp3) is 0.200. The van der Waals surface area contributed by atoms with Gasteiger partial charge in [-0.05, 0) is 24.6 Å². The number of urea groups is 1. The summed E-state index contributed by atoms with van der Waals surface area (Å²) in [6.07, 6.45) is 0. The van der Waals surface area contributed by atoms with Crippen molar-refractivity contribution in [3.63, 3.8) is 0 Å². The lowest BCUT2D eigenvalue weighted by atomic mass is 10.2. The van der Waals surface area contributed by atoms with Gasteiger partial charge in [0.1, 0.15) is 5.82 Å². The first-order valence-corrected chi connectivity index (χ1v) is 4.58. The van der Waals surface area contributed by atoms with E-state index >= 15 is 0 Å². The molecule has 0 bridgehead atoms. The topological polar surface area (TPSA) is 84.2 Å². The summed E-state index contributed by atoms with van der Waals surface area (Å²) in [5, 5.41) is 4.44. The van der Waals surface area contributed by atoms with E-state index in [0.717, 1.165) is 5.56 Å². The second-order valence-corrected chi connectivity index (χ2v) is 3.26. The van der Waals surface area contributed by atoms with Gasteiger partial charge in [-0.1, -0.05) is 6.07 Å². The minimum atomic E-state index is -0.679. The number of amides is 3. The average molecular weight is 225 g/mol. The smallest absolute Gasteiger partial charge is 0.319 e. The first-order valence-electron chi connectivity index (χ1n) is 4.58. The summed E-state index contributed by atoms with van der Waals surface area (Å²) in [6, 6.07) is 3.71. The standard InChI is InChI=1S/C10H12FN3O2/c1-6-2-3-8(7(11)4-6)14-10(16)13-5-9(12)15/h2-4H,5H2,1H3,(H2,12,15)(H2,13,14,16). The van der Waals surface area contributed by atoms with Gasteiger partial charge >= 0.3 is 6.03 Å². The quantitative estimate of drug-likeness (QED) is 0.708. The van der Waals surface area contributed by atoms with Crippen molar-refractivity contribution in [1.82, 2.24) is 5.32 Å². The van der Waals surface area contributed by atoms with Crippen molar-refractivity contribution in [2.24, 2.45) is 5.73 Å². The lowest BCUT2D eigenvalue weighted by Gasteiger charge is -2.07. The molecule has 0 atom stereocenters. The van der Waals surface area contributed by atoms with E-state index in [0.29, 0.717) is 0 Å². The summed E-state index contributed by atoms with van der Waals surface area (Å²) in [4.78, 5) is 21.5. The number of primary amides is 1. The van der Waals surface area contributed by atoms with E-state index in [1.807, 2.05) is 0 Å². The van der Waals surface area contributed by atoms with Crippen LogP contribution in [-0.2, 0) is 4.79 Å². The van der Waals surface area contributed by atoms with Crippen LogP contribution in [0.1, 0.15) is 5.56 Å². The predicted molar refractivity (Wildman–Crippen MR) is 57.4 cm³/mol. The number of carbonyl (C=O) groups is 2. The van der Waals surface area contributed by atoms with Gasteiger partial charge in [0, 0.05) is 0 Å². The van der Waals surface area contributed by atoms with E-state index in [9.17, 15) is 14.0 Å². The Bertz CT molecular complexity index is 421. The highest BCUT2D eigenvalue weighted by Gasteiger charge is 2.06. The molecule has 16 heavy (non-hydrogen) atoms. The number of hydrogen-bond donors (Lipinski definition) is 3. The van der Waals surface area contributed by atoms with Crippen molar-refractivity contribution in [3.8, 4) is 0 Å². The zero-order valence-corrected chi connectivity index (χ0v) is 8.71. The Balaban J connectivity index is 2.59.